The van der Waals surface area contributed by atoms with Gasteiger partial charge in [-0.1, -0.05) is 6.92 Å². The molecular weight excluding hydrogens is 529 g/mol. The maximum absolute atomic E-state index is 12.2. The summed E-state index contributed by atoms with van der Waals surface area (Å²) in [6, 6.07) is 4.12. The van der Waals surface area contributed by atoms with Gasteiger partial charge in [0.25, 0.3) is 0 Å². The van der Waals surface area contributed by atoms with E-state index in [1.165, 1.54) is 12.8 Å². The number of halogens is 1. The third-order valence-corrected chi connectivity index (χ3v) is 7.45. The van der Waals surface area contributed by atoms with Crippen LogP contribution in [-0.2, 0) is 16.6 Å². The van der Waals surface area contributed by atoms with Crippen LogP contribution in [0.1, 0.15) is 51.5 Å². The van der Waals surface area contributed by atoms with Crippen LogP contribution < -0.4 is 15.4 Å². The molecule has 0 radical (unpaired) electrons. The van der Waals surface area contributed by atoms with Crippen molar-refractivity contribution in [2.75, 3.05) is 32.0 Å². The van der Waals surface area contributed by atoms with Crippen molar-refractivity contribution in [3.63, 3.8) is 0 Å². The SMILES string of the molecule is CCCS(=O)(=O)N1CCC(NC(=NCc2ccnc(OCC3CC3)c2)NCC)CC1.I. The number of ether oxygens (including phenoxy) is 1. The number of nitrogens with one attached hydrogen (secondary N) is 2. The van der Waals surface area contributed by atoms with Gasteiger partial charge in [-0.3, -0.25) is 0 Å². The molecule has 10 heteroatoms. The van der Waals surface area contributed by atoms with Crippen LogP contribution in [0.2, 0.25) is 0 Å². The number of piperidine rings is 1. The summed E-state index contributed by atoms with van der Waals surface area (Å²) in [6.45, 7) is 7.10. The van der Waals surface area contributed by atoms with Gasteiger partial charge in [0.1, 0.15) is 0 Å². The van der Waals surface area contributed by atoms with Gasteiger partial charge in [-0.05, 0) is 56.6 Å². The van der Waals surface area contributed by atoms with Gasteiger partial charge in [0.15, 0.2) is 5.96 Å². The number of aromatic nitrogens is 1. The van der Waals surface area contributed by atoms with E-state index >= 15 is 0 Å². The Morgan fingerprint density at radius 1 is 1.26 bits per heavy atom. The van der Waals surface area contributed by atoms with Crippen LogP contribution in [0.5, 0.6) is 5.88 Å². The third kappa shape index (κ3) is 8.72. The van der Waals surface area contributed by atoms with Crippen LogP contribution >= 0.6 is 24.0 Å². The second-order valence-electron chi connectivity index (χ2n) is 8.09. The highest BCUT2D eigenvalue weighted by Gasteiger charge is 2.27. The average Bonchev–Trinajstić information content (AvgIpc) is 3.56. The fraction of sp³-hybridized carbons (Fsp3) is 0.714. The number of hydrogen-bond acceptors (Lipinski definition) is 5. The topological polar surface area (TPSA) is 95.9 Å². The van der Waals surface area contributed by atoms with Gasteiger partial charge in [-0.15, -0.1) is 24.0 Å². The van der Waals surface area contributed by atoms with Gasteiger partial charge >= 0.3 is 0 Å². The number of rotatable bonds is 10. The van der Waals surface area contributed by atoms with E-state index in [0.29, 0.717) is 37.9 Å². The Labute approximate surface area is 203 Å². The van der Waals surface area contributed by atoms with Gasteiger partial charge in [0, 0.05) is 37.9 Å². The van der Waals surface area contributed by atoms with Crippen molar-refractivity contribution >= 4 is 40.0 Å². The molecule has 0 aromatic carbocycles. The quantitative estimate of drug-likeness (QED) is 0.258. The van der Waals surface area contributed by atoms with E-state index in [0.717, 1.165) is 37.5 Å². The van der Waals surface area contributed by atoms with Gasteiger partial charge < -0.3 is 15.4 Å². The summed E-state index contributed by atoms with van der Waals surface area (Å²) in [6.07, 6.45) is 6.49. The first-order valence-electron chi connectivity index (χ1n) is 11.1. The number of sulfonamides is 1. The Balaban J connectivity index is 0.00000341. The minimum Gasteiger partial charge on any atom is -0.477 e. The van der Waals surface area contributed by atoms with Crippen molar-refractivity contribution in [3.05, 3.63) is 23.9 Å². The zero-order valence-electron chi connectivity index (χ0n) is 18.5. The smallest absolute Gasteiger partial charge is 0.214 e. The lowest BCUT2D eigenvalue weighted by Gasteiger charge is -2.32. The lowest BCUT2D eigenvalue weighted by Crippen LogP contribution is -2.50. The molecule has 3 rings (SSSR count). The molecule has 1 saturated heterocycles. The van der Waals surface area contributed by atoms with Crippen molar-refractivity contribution in [1.29, 1.82) is 0 Å². The molecule has 0 atom stereocenters. The van der Waals surface area contributed by atoms with Crippen LogP contribution in [0.15, 0.2) is 23.3 Å². The number of hydrogen-bond donors (Lipinski definition) is 2. The number of aliphatic imine (C=N–C) groups is 1. The molecule has 2 aliphatic rings. The molecule has 0 amide bonds. The largest absolute Gasteiger partial charge is 0.477 e. The summed E-state index contributed by atoms with van der Waals surface area (Å²) >= 11 is 0. The standard InChI is InChI=1S/C21H35N5O3S.HI/c1-3-13-30(27,28)26-11-8-19(9-12-26)25-21(22-4-2)24-15-18-7-10-23-20(14-18)29-16-17-5-6-17;/h7,10,14,17,19H,3-6,8-9,11-13,15-16H2,1-2H3,(H2,22,24,25);1H. The average molecular weight is 566 g/mol. The zero-order valence-corrected chi connectivity index (χ0v) is 21.7. The molecule has 2 N–H and O–H groups in total. The summed E-state index contributed by atoms with van der Waals surface area (Å²) in [5.41, 5.74) is 1.05. The molecule has 31 heavy (non-hydrogen) atoms. The van der Waals surface area contributed by atoms with Crippen molar-refractivity contribution < 1.29 is 13.2 Å². The van der Waals surface area contributed by atoms with Crippen molar-refractivity contribution in [2.45, 2.75) is 58.5 Å². The normalized spacial score (nSPS) is 18.3. The van der Waals surface area contributed by atoms with Gasteiger partial charge in [0.2, 0.25) is 15.9 Å². The summed E-state index contributed by atoms with van der Waals surface area (Å²) < 4.78 is 31.9. The number of pyridine rings is 1. The van der Waals surface area contributed by atoms with E-state index in [-0.39, 0.29) is 35.8 Å². The molecule has 1 aromatic heterocycles. The summed E-state index contributed by atoms with van der Waals surface area (Å²) in [5.74, 6) is 2.34. The molecule has 2 fully saturated rings. The van der Waals surface area contributed by atoms with E-state index in [1.54, 1.807) is 10.5 Å². The van der Waals surface area contributed by atoms with Crippen molar-refractivity contribution in [1.82, 2.24) is 19.9 Å². The zero-order chi connectivity index (χ0) is 21.4. The minimum absolute atomic E-state index is 0. The van der Waals surface area contributed by atoms with Crippen molar-refractivity contribution in [2.24, 2.45) is 10.9 Å². The molecule has 1 aromatic rings. The van der Waals surface area contributed by atoms with Gasteiger partial charge in [0.05, 0.1) is 18.9 Å². The first-order valence-corrected chi connectivity index (χ1v) is 12.7. The molecule has 1 aliphatic heterocycles. The monoisotopic (exact) mass is 565 g/mol. The highest BCUT2D eigenvalue weighted by Crippen LogP contribution is 2.29. The van der Waals surface area contributed by atoms with Crippen LogP contribution in [0.3, 0.4) is 0 Å². The summed E-state index contributed by atoms with van der Waals surface area (Å²) in [4.78, 5) is 8.98. The fourth-order valence-corrected chi connectivity index (χ4v) is 5.01. The molecule has 8 nitrogen and oxygen atoms in total. The van der Waals surface area contributed by atoms with E-state index in [9.17, 15) is 8.42 Å². The van der Waals surface area contributed by atoms with Gasteiger partial charge in [-0.25, -0.2) is 22.7 Å². The van der Waals surface area contributed by atoms with Gasteiger partial charge in [-0.2, -0.15) is 0 Å². The number of nitrogens with zero attached hydrogens (tertiary/aromatic N) is 3. The molecular formula is C21H36IN5O3S. The highest BCUT2D eigenvalue weighted by atomic mass is 127. The Bertz CT molecular complexity index is 809. The Morgan fingerprint density at radius 2 is 2.00 bits per heavy atom. The predicted molar refractivity (Wildman–Crippen MR) is 134 cm³/mol. The maximum Gasteiger partial charge on any atom is 0.214 e. The van der Waals surface area contributed by atoms with E-state index < -0.39 is 10.0 Å². The second-order valence-corrected chi connectivity index (χ2v) is 10.2. The maximum atomic E-state index is 12.2. The Hall–Kier alpha value is -1.14. The first kappa shape index (κ1) is 26.1. The van der Waals surface area contributed by atoms with Crippen LogP contribution in [0.25, 0.3) is 0 Å². The van der Waals surface area contributed by atoms with E-state index in [2.05, 4.69) is 15.6 Å². The summed E-state index contributed by atoms with van der Waals surface area (Å²) in [7, 11) is -3.11. The van der Waals surface area contributed by atoms with Crippen LogP contribution in [0.4, 0.5) is 0 Å². The van der Waals surface area contributed by atoms with E-state index in [4.69, 9.17) is 9.73 Å². The van der Waals surface area contributed by atoms with Crippen LogP contribution in [0, 0.1) is 5.92 Å². The minimum atomic E-state index is -3.11. The molecule has 1 aliphatic carbocycles. The lowest BCUT2D eigenvalue weighted by atomic mass is 10.1. The number of guanidine groups is 1. The molecule has 0 spiro atoms. The first-order chi connectivity index (χ1) is 14.5. The second kappa shape index (κ2) is 12.8. The van der Waals surface area contributed by atoms with Crippen LogP contribution in [-0.4, -0.2) is 61.7 Å². The molecule has 2 heterocycles. The molecule has 0 bridgehead atoms. The Kier molecular flexibility index (Phi) is 10.8. The Morgan fingerprint density at radius 3 is 2.65 bits per heavy atom. The molecule has 176 valence electrons. The molecule has 0 unspecified atom stereocenters. The lowest BCUT2D eigenvalue weighted by molar-refractivity contribution is 0.288. The van der Waals surface area contributed by atoms with E-state index in [1.807, 2.05) is 26.0 Å². The third-order valence-electron chi connectivity index (χ3n) is 5.38. The highest BCUT2D eigenvalue weighted by molar-refractivity contribution is 14.0. The summed E-state index contributed by atoms with van der Waals surface area (Å²) in [5, 5.41) is 6.75. The molecule has 1 saturated carbocycles. The van der Waals surface area contributed by atoms with Crippen molar-refractivity contribution in [3.8, 4) is 5.88 Å². The predicted octanol–water partition coefficient (Wildman–Crippen LogP) is 2.75. The fourth-order valence-electron chi connectivity index (χ4n) is 3.46.